The minimum Gasteiger partial charge on any atom is -0.463 e. The molecule has 0 aliphatic carbocycles. The monoisotopic (exact) mass is 361 g/mol. The highest BCUT2D eigenvalue weighted by Crippen LogP contribution is 2.24. The predicted molar refractivity (Wildman–Crippen MR) is 90.5 cm³/mol. The summed E-state index contributed by atoms with van der Waals surface area (Å²) in [6.45, 7) is 5.45. The summed E-state index contributed by atoms with van der Waals surface area (Å²) in [4.78, 5) is 6.45. The van der Waals surface area contributed by atoms with Crippen LogP contribution in [0.25, 0.3) is 0 Å². The number of aliphatic imine (C=N–C) groups is 1. The summed E-state index contributed by atoms with van der Waals surface area (Å²) < 4.78 is 37.5. The summed E-state index contributed by atoms with van der Waals surface area (Å²) in [6, 6.07) is 3.52. The van der Waals surface area contributed by atoms with Crippen LogP contribution in [-0.2, 0) is 21.1 Å². The molecule has 0 radical (unpaired) electrons. The van der Waals surface area contributed by atoms with E-state index in [1.165, 1.54) is 12.1 Å². The standard InChI is InChI=1S/C15H20F2N2O2PS/c1-3-21-22(23)7-5-19-4-6-20-15(19)18-11(2)12-8-13(16)10-14(17)9-12/h8-11H,3-7H2,1-2H3/q+1. The second-order valence-electron chi connectivity index (χ2n) is 5.10. The summed E-state index contributed by atoms with van der Waals surface area (Å²) in [5, 5.41) is 0. The van der Waals surface area contributed by atoms with Gasteiger partial charge >= 0.3 is 6.92 Å². The van der Waals surface area contributed by atoms with Gasteiger partial charge in [0.15, 0.2) is 18.0 Å². The number of hydrogen-bond acceptors (Lipinski definition) is 4. The lowest BCUT2D eigenvalue weighted by atomic mass is 10.1. The fourth-order valence-electron chi connectivity index (χ4n) is 2.23. The van der Waals surface area contributed by atoms with Crippen molar-refractivity contribution in [2.45, 2.75) is 19.9 Å². The molecule has 1 aromatic carbocycles. The van der Waals surface area contributed by atoms with E-state index >= 15 is 0 Å². The van der Waals surface area contributed by atoms with Gasteiger partial charge in [-0.15, -0.1) is 0 Å². The minimum atomic E-state index is -0.857. The highest BCUT2D eigenvalue weighted by molar-refractivity contribution is 8.02. The molecule has 4 nitrogen and oxygen atoms in total. The van der Waals surface area contributed by atoms with Gasteiger partial charge in [0.1, 0.15) is 18.2 Å². The molecule has 1 heterocycles. The van der Waals surface area contributed by atoms with E-state index in [1.54, 1.807) is 6.92 Å². The summed E-state index contributed by atoms with van der Waals surface area (Å²) in [5.41, 5.74) is 0.477. The Morgan fingerprint density at radius 1 is 1.39 bits per heavy atom. The van der Waals surface area contributed by atoms with Gasteiger partial charge < -0.3 is 9.64 Å². The maximum atomic E-state index is 13.3. The van der Waals surface area contributed by atoms with Crippen LogP contribution in [0.1, 0.15) is 25.5 Å². The van der Waals surface area contributed by atoms with Gasteiger partial charge in [-0.2, -0.15) is 4.52 Å². The number of halogens is 2. The number of hydrogen-bond donors (Lipinski definition) is 0. The molecule has 1 aliphatic heterocycles. The number of rotatable bonds is 7. The zero-order chi connectivity index (χ0) is 16.8. The molecule has 2 rings (SSSR count). The molecular weight excluding hydrogens is 341 g/mol. The largest absolute Gasteiger partial charge is 0.463 e. The summed E-state index contributed by atoms with van der Waals surface area (Å²) >= 11 is 5.25. The van der Waals surface area contributed by atoms with Crippen LogP contribution < -0.4 is 0 Å². The summed E-state index contributed by atoms with van der Waals surface area (Å²) in [5.74, 6) is -1.21. The van der Waals surface area contributed by atoms with E-state index in [-0.39, 0.29) is 0 Å². The first-order chi connectivity index (χ1) is 11.0. The Balaban J connectivity index is 2.03. The first-order valence-electron chi connectivity index (χ1n) is 7.48. The molecule has 23 heavy (non-hydrogen) atoms. The van der Waals surface area contributed by atoms with Crippen molar-refractivity contribution >= 4 is 24.8 Å². The molecule has 0 aromatic heterocycles. The second-order valence-corrected chi connectivity index (χ2v) is 7.69. The van der Waals surface area contributed by atoms with Crippen LogP contribution in [0.4, 0.5) is 8.78 Å². The van der Waals surface area contributed by atoms with Crippen LogP contribution >= 0.6 is 6.92 Å². The first-order valence-corrected chi connectivity index (χ1v) is 9.94. The lowest BCUT2D eigenvalue weighted by Gasteiger charge is -2.15. The Bertz CT molecular complexity index is 581. The lowest BCUT2D eigenvalue weighted by molar-refractivity contribution is 0.348. The van der Waals surface area contributed by atoms with Crippen LogP contribution in [0.15, 0.2) is 23.2 Å². The molecule has 0 bridgehead atoms. The van der Waals surface area contributed by atoms with Crippen LogP contribution in [-0.4, -0.2) is 43.4 Å². The van der Waals surface area contributed by atoms with Gasteiger partial charge in [-0.05, 0) is 31.5 Å². The van der Waals surface area contributed by atoms with Crippen molar-refractivity contribution in [3.05, 3.63) is 35.4 Å². The zero-order valence-corrected chi connectivity index (χ0v) is 14.9. The number of amidine groups is 1. The molecule has 8 heteroatoms. The smallest absolute Gasteiger partial charge is 0.339 e. The summed E-state index contributed by atoms with van der Waals surface area (Å²) in [6.07, 6.45) is 0.754. The molecule has 1 aliphatic rings. The maximum Gasteiger partial charge on any atom is 0.339 e. The van der Waals surface area contributed by atoms with Crippen LogP contribution in [0, 0.1) is 11.6 Å². The molecule has 0 saturated carbocycles. The van der Waals surface area contributed by atoms with E-state index in [1.807, 2.05) is 11.8 Å². The lowest BCUT2D eigenvalue weighted by Crippen LogP contribution is -2.28. The van der Waals surface area contributed by atoms with E-state index in [0.29, 0.717) is 31.3 Å². The molecule has 0 amide bonds. The van der Waals surface area contributed by atoms with Crippen LogP contribution in [0.5, 0.6) is 0 Å². The van der Waals surface area contributed by atoms with Gasteiger partial charge in [-0.3, -0.25) is 0 Å². The van der Waals surface area contributed by atoms with E-state index in [0.717, 1.165) is 18.8 Å². The first kappa shape index (κ1) is 18.2. The van der Waals surface area contributed by atoms with Gasteiger partial charge in [-0.25, -0.2) is 13.8 Å². The van der Waals surface area contributed by atoms with Crippen molar-refractivity contribution in [1.82, 2.24) is 4.90 Å². The Morgan fingerprint density at radius 3 is 2.74 bits per heavy atom. The topological polar surface area (TPSA) is 34.1 Å². The molecule has 1 fully saturated rings. The average molecular weight is 361 g/mol. The molecule has 1 aromatic rings. The van der Waals surface area contributed by atoms with Crippen molar-refractivity contribution in [3.63, 3.8) is 0 Å². The van der Waals surface area contributed by atoms with Crippen molar-refractivity contribution in [2.75, 3.05) is 32.5 Å². The second kappa shape index (κ2) is 8.62. The molecule has 1 saturated heterocycles. The fourth-order valence-corrected chi connectivity index (χ4v) is 3.61. The SMILES string of the molecule is CCO[P+](=S)CCN1CCOC1=NC(C)c1cc(F)cc(F)c1. The van der Waals surface area contributed by atoms with E-state index < -0.39 is 24.6 Å². The van der Waals surface area contributed by atoms with Crippen LogP contribution in [0.3, 0.4) is 0 Å². The number of nitrogens with zero attached hydrogens (tertiary/aromatic N) is 2. The molecule has 2 atom stereocenters. The van der Waals surface area contributed by atoms with Crippen molar-refractivity contribution in [2.24, 2.45) is 4.99 Å². The molecule has 2 unspecified atom stereocenters. The quantitative estimate of drug-likeness (QED) is 0.695. The third-order valence-electron chi connectivity index (χ3n) is 3.36. The van der Waals surface area contributed by atoms with Gasteiger partial charge in [0, 0.05) is 6.07 Å². The van der Waals surface area contributed by atoms with E-state index in [4.69, 9.17) is 21.1 Å². The van der Waals surface area contributed by atoms with Gasteiger partial charge in [0.25, 0.3) is 6.02 Å². The average Bonchev–Trinajstić information content (AvgIpc) is 2.91. The Morgan fingerprint density at radius 2 is 2.09 bits per heavy atom. The predicted octanol–water partition coefficient (Wildman–Crippen LogP) is 3.61. The third kappa shape index (κ3) is 5.44. The molecule has 0 N–H and O–H groups in total. The third-order valence-corrected chi connectivity index (χ3v) is 5.34. The minimum absolute atomic E-state index is 0.396. The Kier molecular flexibility index (Phi) is 6.81. The molecule has 0 spiro atoms. The van der Waals surface area contributed by atoms with Crippen LogP contribution in [0.2, 0.25) is 0 Å². The Hall–Kier alpha value is -1.17. The van der Waals surface area contributed by atoms with Crippen molar-refractivity contribution in [1.29, 1.82) is 0 Å². The highest BCUT2D eigenvalue weighted by atomic mass is 32.4. The van der Waals surface area contributed by atoms with Crippen molar-refractivity contribution in [3.8, 4) is 0 Å². The molecule has 126 valence electrons. The number of ether oxygens (including phenoxy) is 1. The zero-order valence-electron chi connectivity index (χ0n) is 13.2. The Labute approximate surface area is 141 Å². The van der Waals surface area contributed by atoms with Gasteiger partial charge in [-0.1, -0.05) is 0 Å². The normalized spacial score (nSPS) is 18.2. The highest BCUT2D eigenvalue weighted by Gasteiger charge is 2.24. The van der Waals surface area contributed by atoms with E-state index in [2.05, 4.69) is 4.99 Å². The van der Waals surface area contributed by atoms with Gasteiger partial charge in [0.2, 0.25) is 0 Å². The van der Waals surface area contributed by atoms with Crippen molar-refractivity contribution < 1.29 is 18.0 Å². The maximum absolute atomic E-state index is 13.3. The molecular formula is C15H20F2N2O2PS+. The fraction of sp³-hybridized carbons (Fsp3) is 0.533. The van der Waals surface area contributed by atoms with E-state index in [9.17, 15) is 8.78 Å². The number of benzene rings is 1. The summed E-state index contributed by atoms with van der Waals surface area (Å²) in [7, 11) is 0. The van der Waals surface area contributed by atoms with Gasteiger partial charge in [0.05, 0.1) is 25.7 Å².